The number of hydrogen-bond donors (Lipinski definition) is 1. The van der Waals surface area contributed by atoms with Crippen molar-refractivity contribution >= 4 is 0 Å². The van der Waals surface area contributed by atoms with Gasteiger partial charge in [-0.15, -0.1) is 0 Å². The Labute approximate surface area is 61.8 Å². The molecule has 1 rings (SSSR count). The Balaban J connectivity index is 0.000000640. The van der Waals surface area contributed by atoms with Crippen molar-refractivity contribution in [2.45, 2.75) is 0 Å². The second-order valence-electron chi connectivity index (χ2n) is 1.31. The molecule has 0 aliphatic heterocycles. The zero-order chi connectivity index (χ0) is 5.98. The van der Waals surface area contributed by atoms with Gasteiger partial charge in [-0.2, -0.15) is 0 Å². The Kier molecular flexibility index (Phi) is 3.06. The summed E-state index contributed by atoms with van der Waals surface area (Å²) in [4.78, 5) is 10.2. The molecule has 0 aliphatic rings. The quantitative estimate of drug-likeness (QED) is 0.568. The van der Waals surface area contributed by atoms with E-state index in [1.54, 1.807) is 0 Å². The van der Waals surface area contributed by atoms with Crippen LogP contribution in [0.4, 0.5) is 0 Å². The molecule has 1 aromatic rings. The zero-order valence-corrected chi connectivity index (χ0v) is 5.45. The summed E-state index contributed by atoms with van der Waals surface area (Å²) >= 11 is 0. The van der Waals surface area contributed by atoms with Gasteiger partial charge >= 0.3 is 5.63 Å². The molecule has 1 aromatic heterocycles. The van der Waals surface area contributed by atoms with Crippen LogP contribution in [0.2, 0.25) is 0 Å². The van der Waals surface area contributed by atoms with Crippen LogP contribution < -0.4 is 5.63 Å². The molecule has 0 bridgehead atoms. The summed E-state index contributed by atoms with van der Waals surface area (Å²) < 4.78 is 4.29. The van der Waals surface area contributed by atoms with Gasteiger partial charge in [0.2, 0.25) is 0 Å². The standard InChI is InChI=1S/C5H4O3.Fe/c6-4-1-2-8-5(7)3-4;/h1-3,6H;. The van der Waals surface area contributed by atoms with Crippen molar-refractivity contribution in [1.29, 1.82) is 0 Å². The minimum atomic E-state index is -0.537. The third kappa shape index (κ3) is 2.35. The molecule has 3 nitrogen and oxygen atoms in total. The minimum absolute atomic E-state index is 0. The summed E-state index contributed by atoms with van der Waals surface area (Å²) in [5.74, 6) is -0.0683. The average molecular weight is 168 g/mol. The average Bonchev–Trinajstić information content (AvgIpc) is 1.64. The largest absolute Gasteiger partial charge is 0.508 e. The van der Waals surface area contributed by atoms with Crippen molar-refractivity contribution in [3.05, 3.63) is 28.8 Å². The maximum Gasteiger partial charge on any atom is 0.339 e. The summed E-state index contributed by atoms with van der Waals surface area (Å²) in [6.45, 7) is 0. The fourth-order valence-corrected chi connectivity index (χ4v) is 0.374. The molecule has 1 heterocycles. The molecule has 0 spiro atoms. The maximum atomic E-state index is 10.2. The van der Waals surface area contributed by atoms with Crippen molar-refractivity contribution in [2.75, 3.05) is 0 Å². The van der Waals surface area contributed by atoms with Gasteiger partial charge in [0.25, 0.3) is 0 Å². The van der Waals surface area contributed by atoms with Crippen LogP contribution in [0, 0.1) is 0 Å². The van der Waals surface area contributed by atoms with E-state index < -0.39 is 5.63 Å². The predicted octanol–water partition coefficient (Wildman–Crippen LogP) is 0.343. The van der Waals surface area contributed by atoms with E-state index in [4.69, 9.17) is 5.11 Å². The van der Waals surface area contributed by atoms with Gasteiger partial charge in [0.05, 0.1) is 12.3 Å². The second-order valence-corrected chi connectivity index (χ2v) is 1.31. The van der Waals surface area contributed by atoms with Gasteiger partial charge in [0.15, 0.2) is 0 Å². The van der Waals surface area contributed by atoms with E-state index in [1.807, 2.05) is 0 Å². The SMILES string of the molecule is O=c1cc(O)cco1.[Fe]. The fourth-order valence-electron chi connectivity index (χ4n) is 0.374. The molecule has 4 heteroatoms. The first-order valence-electron chi connectivity index (χ1n) is 2.07. The van der Waals surface area contributed by atoms with Gasteiger partial charge in [-0.25, -0.2) is 4.79 Å². The Morgan fingerprint density at radius 1 is 1.56 bits per heavy atom. The topological polar surface area (TPSA) is 50.4 Å². The fraction of sp³-hybridized carbons (Fsp3) is 0. The minimum Gasteiger partial charge on any atom is -0.508 e. The first kappa shape index (κ1) is 8.27. The van der Waals surface area contributed by atoms with E-state index in [0.29, 0.717) is 0 Å². The van der Waals surface area contributed by atoms with Crippen LogP contribution in [0.5, 0.6) is 5.75 Å². The van der Waals surface area contributed by atoms with Crippen molar-refractivity contribution in [3.63, 3.8) is 0 Å². The number of rotatable bonds is 0. The summed E-state index contributed by atoms with van der Waals surface area (Å²) in [7, 11) is 0. The van der Waals surface area contributed by atoms with Crippen molar-refractivity contribution in [1.82, 2.24) is 0 Å². The molecule has 1 N–H and O–H groups in total. The molecular formula is C5H4FeO3. The first-order chi connectivity index (χ1) is 3.79. The molecule has 9 heavy (non-hydrogen) atoms. The molecule has 0 radical (unpaired) electrons. The van der Waals surface area contributed by atoms with E-state index in [0.717, 1.165) is 12.3 Å². The van der Waals surface area contributed by atoms with Gasteiger partial charge < -0.3 is 9.52 Å². The Morgan fingerprint density at radius 2 is 2.22 bits per heavy atom. The second kappa shape index (κ2) is 3.33. The van der Waals surface area contributed by atoms with Crippen molar-refractivity contribution in [3.8, 4) is 5.75 Å². The first-order valence-corrected chi connectivity index (χ1v) is 2.07. The summed E-state index contributed by atoms with van der Waals surface area (Å²) in [6, 6.07) is 2.29. The third-order valence-electron chi connectivity index (χ3n) is 0.689. The van der Waals surface area contributed by atoms with Crippen LogP contribution in [0.1, 0.15) is 0 Å². The molecule has 0 fully saturated rings. The third-order valence-corrected chi connectivity index (χ3v) is 0.689. The smallest absolute Gasteiger partial charge is 0.339 e. The van der Waals surface area contributed by atoms with E-state index in [-0.39, 0.29) is 22.8 Å². The zero-order valence-electron chi connectivity index (χ0n) is 4.35. The van der Waals surface area contributed by atoms with E-state index in [2.05, 4.69) is 4.42 Å². The molecular weight excluding hydrogens is 164 g/mol. The summed E-state index contributed by atoms with van der Waals surface area (Å²) in [6.07, 6.45) is 1.14. The van der Waals surface area contributed by atoms with E-state index >= 15 is 0 Å². The van der Waals surface area contributed by atoms with Crippen LogP contribution in [0.3, 0.4) is 0 Å². The maximum absolute atomic E-state index is 10.2. The molecule has 0 unspecified atom stereocenters. The van der Waals surface area contributed by atoms with Crippen LogP contribution >= 0.6 is 0 Å². The van der Waals surface area contributed by atoms with Crippen LogP contribution in [-0.2, 0) is 17.1 Å². The molecule has 0 saturated carbocycles. The predicted molar refractivity (Wildman–Crippen MR) is 26.6 cm³/mol. The Bertz CT molecular complexity index is 230. The molecule has 0 aliphatic carbocycles. The van der Waals surface area contributed by atoms with Gasteiger partial charge in [-0.1, -0.05) is 0 Å². The van der Waals surface area contributed by atoms with E-state index in [9.17, 15) is 4.79 Å². The molecule has 50 valence electrons. The van der Waals surface area contributed by atoms with Crippen LogP contribution in [0.15, 0.2) is 27.6 Å². The Hall–Kier alpha value is -0.731. The normalized spacial score (nSPS) is 8.00. The summed E-state index contributed by atoms with van der Waals surface area (Å²) in [5.41, 5.74) is -0.537. The van der Waals surface area contributed by atoms with Crippen molar-refractivity contribution < 1.29 is 26.6 Å². The van der Waals surface area contributed by atoms with Gasteiger partial charge in [0, 0.05) is 23.1 Å². The number of hydrogen-bond acceptors (Lipinski definition) is 3. The van der Waals surface area contributed by atoms with Gasteiger partial charge in [0.1, 0.15) is 5.75 Å². The Morgan fingerprint density at radius 3 is 2.56 bits per heavy atom. The molecule has 0 aromatic carbocycles. The number of aromatic hydroxyl groups is 1. The molecule has 0 saturated heterocycles. The van der Waals surface area contributed by atoms with Gasteiger partial charge in [-0.3, -0.25) is 0 Å². The summed E-state index contributed by atoms with van der Waals surface area (Å²) in [5, 5.41) is 8.55. The monoisotopic (exact) mass is 168 g/mol. The molecule has 0 atom stereocenters. The van der Waals surface area contributed by atoms with Crippen LogP contribution in [0.25, 0.3) is 0 Å². The van der Waals surface area contributed by atoms with E-state index in [1.165, 1.54) is 6.07 Å². The van der Waals surface area contributed by atoms with Crippen LogP contribution in [-0.4, -0.2) is 5.11 Å². The van der Waals surface area contributed by atoms with Gasteiger partial charge in [-0.05, 0) is 0 Å². The molecule has 0 amide bonds. The van der Waals surface area contributed by atoms with Crippen molar-refractivity contribution in [2.24, 2.45) is 0 Å².